The van der Waals surface area contributed by atoms with E-state index in [1.807, 2.05) is 0 Å². The molecular formula is C7H12N4O. The molecule has 0 aliphatic rings. The van der Waals surface area contributed by atoms with Gasteiger partial charge < -0.3 is 11.1 Å². The van der Waals surface area contributed by atoms with Gasteiger partial charge in [-0.3, -0.25) is 4.79 Å². The lowest BCUT2D eigenvalue weighted by molar-refractivity contribution is 0.0902. The van der Waals surface area contributed by atoms with Crippen LogP contribution in [0.3, 0.4) is 0 Å². The standard InChI is InChI=1S/C7H12N4O/c1-5-3-6(8)11(10-5)7(12)4-9-2/h3,9H,4,8H2,1-2H3. The van der Waals surface area contributed by atoms with Crippen LogP contribution in [0.15, 0.2) is 6.07 Å². The van der Waals surface area contributed by atoms with E-state index in [4.69, 9.17) is 5.73 Å². The summed E-state index contributed by atoms with van der Waals surface area (Å²) in [4.78, 5) is 11.2. The molecule has 0 aliphatic carbocycles. The van der Waals surface area contributed by atoms with Gasteiger partial charge in [-0.25, -0.2) is 0 Å². The number of likely N-dealkylation sites (N-methyl/N-ethyl adjacent to an activating group) is 1. The number of nitrogens with one attached hydrogen (secondary N) is 1. The molecule has 66 valence electrons. The van der Waals surface area contributed by atoms with E-state index < -0.39 is 0 Å². The average molecular weight is 168 g/mol. The number of nitrogens with two attached hydrogens (primary N) is 1. The van der Waals surface area contributed by atoms with Crippen LogP contribution in [-0.2, 0) is 0 Å². The van der Waals surface area contributed by atoms with Crippen LogP contribution in [0.25, 0.3) is 0 Å². The number of anilines is 1. The van der Waals surface area contributed by atoms with E-state index in [1.165, 1.54) is 4.68 Å². The summed E-state index contributed by atoms with van der Waals surface area (Å²) in [6, 6.07) is 1.66. The Morgan fingerprint density at radius 1 is 1.83 bits per heavy atom. The van der Waals surface area contributed by atoms with Gasteiger partial charge in [-0.05, 0) is 14.0 Å². The molecule has 1 heterocycles. The van der Waals surface area contributed by atoms with Crippen LogP contribution in [-0.4, -0.2) is 29.3 Å². The minimum absolute atomic E-state index is 0.150. The monoisotopic (exact) mass is 168 g/mol. The molecule has 0 unspecified atom stereocenters. The Balaban J connectivity index is 2.87. The number of carbonyl (C=O) groups excluding carboxylic acids is 1. The summed E-state index contributed by atoms with van der Waals surface area (Å²) in [5, 5.41) is 6.67. The molecular weight excluding hydrogens is 156 g/mol. The molecule has 1 aromatic heterocycles. The van der Waals surface area contributed by atoms with Crippen LogP contribution in [0, 0.1) is 6.92 Å². The number of carbonyl (C=O) groups is 1. The zero-order valence-electron chi connectivity index (χ0n) is 7.16. The van der Waals surface area contributed by atoms with Gasteiger partial charge in [-0.2, -0.15) is 9.78 Å². The third-order valence-corrected chi connectivity index (χ3v) is 1.42. The fourth-order valence-corrected chi connectivity index (χ4v) is 0.945. The van der Waals surface area contributed by atoms with Crippen LogP contribution in [0.4, 0.5) is 5.82 Å². The maximum absolute atomic E-state index is 11.2. The van der Waals surface area contributed by atoms with E-state index in [0.717, 1.165) is 5.69 Å². The Hall–Kier alpha value is -1.36. The van der Waals surface area contributed by atoms with Gasteiger partial charge in [0.1, 0.15) is 5.82 Å². The molecule has 0 spiro atoms. The van der Waals surface area contributed by atoms with Crippen molar-refractivity contribution < 1.29 is 4.79 Å². The van der Waals surface area contributed by atoms with Crippen molar-refractivity contribution >= 4 is 11.7 Å². The van der Waals surface area contributed by atoms with Crippen LogP contribution in [0.1, 0.15) is 10.5 Å². The predicted octanol–water partition coefficient (Wildman–Crippen LogP) is -0.367. The molecule has 0 bridgehead atoms. The van der Waals surface area contributed by atoms with Gasteiger partial charge in [0.2, 0.25) is 0 Å². The first kappa shape index (κ1) is 8.73. The number of nitrogens with zero attached hydrogens (tertiary/aromatic N) is 2. The van der Waals surface area contributed by atoms with E-state index in [-0.39, 0.29) is 12.5 Å². The van der Waals surface area contributed by atoms with Crippen LogP contribution in [0.5, 0.6) is 0 Å². The topological polar surface area (TPSA) is 72.9 Å². The Labute approximate surface area is 70.5 Å². The van der Waals surface area contributed by atoms with Crippen LogP contribution in [0.2, 0.25) is 0 Å². The smallest absolute Gasteiger partial charge is 0.262 e. The highest BCUT2D eigenvalue weighted by molar-refractivity contribution is 5.82. The van der Waals surface area contributed by atoms with Crippen LogP contribution < -0.4 is 11.1 Å². The Bertz CT molecular complexity index is 292. The van der Waals surface area contributed by atoms with Crippen molar-refractivity contribution in [3.05, 3.63) is 11.8 Å². The first-order chi connectivity index (χ1) is 5.65. The average Bonchev–Trinajstić information content (AvgIpc) is 2.30. The van der Waals surface area contributed by atoms with E-state index >= 15 is 0 Å². The highest BCUT2D eigenvalue weighted by atomic mass is 16.2. The zero-order chi connectivity index (χ0) is 9.14. The first-order valence-corrected chi connectivity index (χ1v) is 3.65. The summed E-state index contributed by atoms with van der Waals surface area (Å²) >= 11 is 0. The summed E-state index contributed by atoms with van der Waals surface area (Å²) in [5.41, 5.74) is 6.27. The molecule has 0 saturated heterocycles. The molecule has 0 amide bonds. The minimum atomic E-state index is -0.150. The zero-order valence-corrected chi connectivity index (χ0v) is 7.16. The van der Waals surface area contributed by atoms with E-state index in [2.05, 4.69) is 10.4 Å². The van der Waals surface area contributed by atoms with Crippen LogP contribution >= 0.6 is 0 Å². The molecule has 0 aromatic carbocycles. The number of hydrogen-bond donors (Lipinski definition) is 2. The van der Waals surface area contributed by atoms with Gasteiger partial charge in [0.25, 0.3) is 5.91 Å². The van der Waals surface area contributed by atoms with Crippen molar-refractivity contribution in [3.8, 4) is 0 Å². The number of aryl methyl sites for hydroxylation is 1. The first-order valence-electron chi connectivity index (χ1n) is 3.65. The van der Waals surface area contributed by atoms with Gasteiger partial charge in [-0.15, -0.1) is 0 Å². The molecule has 0 fully saturated rings. The molecule has 1 rings (SSSR count). The summed E-state index contributed by atoms with van der Waals surface area (Å²) in [6.07, 6.45) is 0. The Kier molecular flexibility index (Phi) is 2.44. The number of rotatable bonds is 2. The molecule has 0 saturated carbocycles. The van der Waals surface area contributed by atoms with Crippen molar-refractivity contribution in [2.45, 2.75) is 6.92 Å². The summed E-state index contributed by atoms with van der Waals surface area (Å²) in [7, 11) is 1.70. The number of nitrogen functional groups attached to an aromatic ring is 1. The predicted molar refractivity (Wildman–Crippen MR) is 45.9 cm³/mol. The fraction of sp³-hybridized carbons (Fsp3) is 0.429. The summed E-state index contributed by atoms with van der Waals surface area (Å²) < 4.78 is 1.20. The van der Waals surface area contributed by atoms with Gasteiger partial charge in [0.05, 0.1) is 12.2 Å². The highest BCUT2D eigenvalue weighted by Gasteiger charge is 2.08. The van der Waals surface area contributed by atoms with Crippen molar-refractivity contribution in [3.63, 3.8) is 0 Å². The minimum Gasteiger partial charge on any atom is -0.383 e. The molecule has 5 nitrogen and oxygen atoms in total. The Morgan fingerprint density at radius 3 is 2.92 bits per heavy atom. The fourth-order valence-electron chi connectivity index (χ4n) is 0.945. The lowest BCUT2D eigenvalue weighted by Gasteiger charge is -2.00. The van der Waals surface area contributed by atoms with Crippen molar-refractivity contribution in [1.82, 2.24) is 15.1 Å². The highest BCUT2D eigenvalue weighted by Crippen LogP contribution is 2.03. The summed E-state index contributed by atoms with van der Waals surface area (Å²) in [5.74, 6) is 0.232. The lowest BCUT2D eigenvalue weighted by Crippen LogP contribution is -2.26. The van der Waals surface area contributed by atoms with E-state index in [0.29, 0.717) is 5.82 Å². The van der Waals surface area contributed by atoms with Crippen molar-refractivity contribution in [1.29, 1.82) is 0 Å². The van der Waals surface area contributed by atoms with Gasteiger partial charge >= 0.3 is 0 Å². The molecule has 0 aliphatic heterocycles. The van der Waals surface area contributed by atoms with Gasteiger partial charge in [0, 0.05) is 6.07 Å². The molecule has 1 aromatic rings. The van der Waals surface area contributed by atoms with Crippen molar-refractivity contribution in [2.75, 3.05) is 19.3 Å². The molecule has 0 atom stereocenters. The maximum atomic E-state index is 11.2. The summed E-state index contributed by atoms with van der Waals surface area (Å²) in [6.45, 7) is 2.03. The molecule has 5 heteroatoms. The maximum Gasteiger partial charge on any atom is 0.262 e. The molecule has 0 radical (unpaired) electrons. The largest absolute Gasteiger partial charge is 0.383 e. The third kappa shape index (κ3) is 1.62. The molecule has 3 N–H and O–H groups in total. The second kappa shape index (κ2) is 3.36. The van der Waals surface area contributed by atoms with E-state index in [1.54, 1.807) is 20.0 Å². The third-order valence-electron chi connectivity index (χ3n) is 1.42. The van der Waals surface area contributed by atoms with Gasteiger partial charge in [-0.1, -0.05) is 0 Å². The normalized spacial score (nSPS) is 10.2. The quantitative estimate of drug-likeness (QED) is 0.632. The Morgan fingerprint density at radius 2 is 2.50 bits per heavy atom. The second-order valence-electron chi connectivity index (χ2n) is 2.55. The van der Waals surface area contributed by atoms with Gasteiger partial charge in [0.15, 0.2) is 0 Å². The van der Waals surface area contributed by atoms with Crippen molar-refractivity contribution in [2.24, 2.45) is 0 Å². The molecule has 12 heavy (non-hydrogen) atoms. The SMILES string of the molecule is CNCC(=O)n1nc(C)cc1N. The number of aromatic nitrogens is 2. The lowest BCUT2D eigenvalue weighted by atomic mass is 10.5. The second-order valence-corrected chi connectivity index (χ2v) is 2.55. The van der Waals surface area contributed by atoms with E-state index in [9.17, 15) is 4.79 Å². The number of hydrogen-bond acceptors (Lipinski definition) is 4.